The second-order valence-electron chi connectivity index (χ2n) is 3.92. The number of carbonyl (C=O) groups excluding carboxylic acids is 1. The molecule has 2 rings (SSSR count). The van der Waals surface area contributed by atoms with Crippen LogP contribution in [0.1, 0.15) is 10.4 Å². The van der Waals surface area contributed by atoms with Crippen LogP contribution >= 0.6 is 54.5 Å². The number of benzene rings is 2. The molecule has 0 heterocycles. The lowest BCUT2D eigenvalue weighted by molar-refractivity contribution is 0.102. The van der Waals surface area contributed by atoms with Gasteiger partial charge in [-0.15, -0.1) is 0 Å². The van der Waals surface area contributed by atoms with Gasteiger partial charge in [-0.1, -0.05) is 0 Å². The molecule has 0 saturated carbocycles. The van der Waals surface area contributed by atoms with E-state index in [-0.39, 0.29) is 5.91 Å². The van der Waals surface area contributed by atoms with Gasteiger partial charge in [-0.2, -0.15) is 0 Å². The van der Waals surface area contributed by atoms with Crippen LogP contribution in [0.2, 0.25) is 0 Å². The topological polar surface area (TPSA) is 38.3 Å². The summed E-state index contributed by atoms with van der Waals surface area (Å²) in [7, 11) is 1.59. The van der Waals surface area contributed by atoms with Crippen molar-refractivity contribution in [2.24, 2.45) is 0 Å². The molecule has 1 N–H and O–H groups in total. The summed E-state index contributed by atoms with van der Waals surface area (Å²) < 4.78 is 7.72. The standard InChI is InChI=1S/C14H10Br2INO2/c1-20-9-3-5-12(16)13(7-9)18-14(19)10-6-8(17)2-4-11(10)15/h2-7H,1H3,(H,18,19). The molecule has 0 saturated heterocycles. The molecule has 2 aromatic rings. The highest BCUT2D eigenvalue weighted by Gasteiger charge is 2.12. The van der Waals surface area contributed by atoms with Crippen LogP contribution < -0.4 is 10.1 Å². The lowest BCUT2D eigenvalue weighted by Gasteiger charge is -2.10. The molecule has 0 aliphatic carbocycles. The Morgan fingerprint density at radius 2 is 1.85 bits per heavy atom. The zero-order valence-electron chi connectivity index (χ0n) is 10.4. The molecule has 2 aromatic carbocycles. The third-order valence-electron chi connectivity index (χ3n) is 2.59. The van der Waals surface area contributed by atoms with Crippen molar-refractivity contribution in [1.29, 1.82) is 0 Å². The van der Waals surface area contributed by atoms with Gasteiger partial charge in [0.1, 0.15) is 5.75 Å². The molecule has 0 fully saturated rings. The van der Waals surface area contributed by atoms with E-state index >= 15 is 0 Å². The van der Waals surface area contributed by atoms with E-state index in [4.69, 9.17) is 4.74 Å². The molecule has 0 aliphatic heterocycles. The van der Waals surface area contributed by atoms with Gasteiger partial charge in [0.05, 0.1) is 18.4 Å². The minimum absolute atomic E-state index is 0.177. The molecule has 3 nitrogen and oxygen atoms in total. The molecule has 6 heteroatoms. The fourth-order valence-electron chi connectivity index (χ4n) is 1.59. The van der Waals surface area contributed by atoms with Crippen LogP contribution in [0.4, 0.5) is 5.69 Å². The van der Waals surface area contributed by atoms with E-state index in [1.807, 2.05) is 30.3 Å². The first-order valence-electron chi connectivity index (χ1n) is 5.61. The van der Waals surface area contributed by atoms with Gasteiger partial charge in [0, 0.05) is 18.6 Å². The lowest BCUT2D eigenvalue weighted by atomic mass is 10.2. The zero-order chi connectivity index (χ0) is 14.7. The number of hydrogen-bond acceptors (Lipinski definition) is 2. The van der Waals surface area contributed by atoms with Gasteiger partial charge in [0.15, 0.2) is 0 Å². The van der Waals surface area contributed by atoms with Gasteiger partial charge in [-0.25, -0.2) is 0 Å². The van der Waals surface area contributed by atoms with Crippen molar-refractivity contribution in [3.63, 3.8) is 0 Å². The Labute approximate surface area is 147 Å². The van der Waals surface area contributed by atoms with Crippen LogP contribution in [0.5, 0.6) is 5.75 Å². The van der Waals surface area contributed by atoms with Crippen LogP contribution in [0.3, 0.4) is 0 Å². The fourth-order valence-corrected chi connectivity index (χ4v) is 2.85. The van der Waals surface area contributed by atoms with Crippen LogP contribution in [-0.2, 0) is 0 Å². The molecular formula is C14H10Br2INO2. The number of hydrogen-bond donors (Lipinski definition) is 1. The Morgan fingerprint density at radius 1 is 1.15 bits per heavy atom. The molecule has 1 amide bonds. The summed E-state index contributed by atoms with van der Waals surface area (Å²) in [5.41, 5.74) is 1.26. The highest BCUT2D eigenvalue weighted by atomic mass is 127. The summed E-state index contributed by atoms with van der Waals surface area (Å²) in [5.74, 6) is 0.509. The number of ether oxygens (including phenoxy) is 1. The van der Waals surface area contributed by atoms with E-state index in [0.29, 0.717) is 17.0 Å². The van der Waals surface area contributed by atoms with Gasteiger partial charge in [0.25, 0.3) is 5.91 Å². The van der Waals surface area contributed by atoms with E-state index in [9.17, 15) is 4.79 Å². The predicted octanol–water partition coefficient (Wildman–Crippen LogP) is 5.08. The predicted molar refractivity (Wildman–Crippen MR) is 95.5 cm³/mol. The van der Waals surface area contributed by atoms with Gasteiger partial charge in [-0.3, -0.25) is 4.79 Å². The highest BCUT2D eigenvalue weighted by molar-refractivity contribution is 14.1. The van der Waals surface area contributed by atoms with Gasteiger partial charge >= 0.3 is 0 Å². The summed E-state index contributed by atoms with van der Waals surface area (Å²) in [6.45, 7) is 0. The van der Waals surface area contributed by atoms with Gasteiger partial charge < -0.3 is 10.1 Å². The summed E-state index contributed by atoms with van der Waals surface area (Å²) >= 11 is 8.98. The zero-order valence-corrected chi connectivity index (χ0v) is 15.7. The van der Waals surface area contributed by atoms with E-state index in [1.54, 1.807) is 13.2 Å². The maximum absolute atomic E-state index is 12.3. The van der Waals surface area contributed by atoms with Crippen molar-refractivity contribution in [2.75, 3.05) is 12.4 Å². The van der Waals surface area contributed by atoms with Crippen molar-refractivity contribution < 1.29 is 9.53 Å². The average Bonchev–Trinajstić information content (AvgIpc) is 2.43. The smallest absolute Gasteiger partial charge is 0.256 e. The monoisotopic (exact) mass is 509 g/mol. The minimum atomic E-state index is -0.177. The molecule has 0 unspecified atom stereocenters. The first-order valence-corrected chi connectivity index (χ1v) is 8.27. The maximum atomic E-state index is 12.3. The Hall–Kier alpha value is -0.600. The molecule has 20 heavy (non-hydrogen) atoms. The summed E-state index contributed by atoms with van der Waals surface area (Å²) in [5, 5.41) is 2.87. The first kappa shape index (κ1) is 15.8. The largest absolute Gasteiger partial charge is 0.497 e. The normalized spacial score (nSPS) is 10.2. The molecular weight excluding hydrogens is 501 g/mol. The summed E-state index contributed by atoms with van der Waals surface area (Å²) in [6, 6.07) is 11.0. The second kappa shape index (κ2) is 6.91. The number of rotatable bonds is 3. The summed E-state index contributed by atoms with van der Waals surface area (Å²) in [6.07, 6.45) is 0. The first-order chi connectivity index (χ1) is 9.51. The Bertz CT molecular complexity index is 662. The molecule has 0 aromatic heterocycles. The third kappa shape index (κ3) is 3.73. The van der Waals surface area contributed by atoms with Crippen molar-refractivity contribution in [3.8, 4) is 5.75 Å². The summed E-state index contributed by atoms with van der Waals surface area (Å²) in [4.78, 5) is 12.3. The molecule has 0 aliphatic rings. The Morgan fingerprint density at radius 3 is 2.55 bits per heavy atom. The number of methoxy groups -OCH3 is 1. The van der Waals surface area contributed by atoms with Crippen molar-refractivity contribution in [3.05, 3.63) is 54.5 Å². The maximum Gasteiger partial charge on any atom is 0.256 e. The van der Waals surface area contributed by atoms with Crippen molar-refractivity contribution in [2.45, 2.75) is 0 Å². The highest BCUT2D eigenvalue weighted by Crippen LogP contribution is 2.28. The third-order valence-corrected chi connectivity index (χ3v) is 4.65. The van der Waals surface area contributed by atoms with E-state index < -0.39 is 0 Å². The number of halogens is 3. The average molecular weight is 511 g/mol. The van der Waals surface area contributed by atoms with Crippen LogP contribution in [0, 0.1) is 3.57 Å². The van der Waals surface area contributed by atoms with Crippen LogP contribution in [0.15, 0.2) is 45.3 Å². The number of carbonyl (C=O) groups is 1. The minimum Gasteiger partial charge on any atom is -0.497 e. The molecule has 0 spiro atoms. The van der Waals surface area contributed by atoms with Crippen molar-refractivity contribution in [1.82, 2.24) is 0 Å². The van der Waals surface area contributed by atoms with Crippen LogP contribution in [0.25, 0.3) is 0 Å². The van der Waals surface area contributed by atoms with E-state index in [0.717, 1.165) is 12.5 Å². The number of anilines is 1. The second-order valence-corrected chi connectivity index (χ2v) is 6.88. The lowest BCUT2D eigenvalue weighted by Crippen LogP contribution is -2.13. The molecule has 0 atom stereocenters. The SMILES string of the molecule is COc1ccc(Br)c(NC(=O)c2cc(I)ccc2Br)c1. The Kier molecular flexibility index (Phi) is 5.45. The molecule has 0 radical (unpaired) electrons. The van der Waals surface area contributed by atoms with E-state index in [2.05, 4.69) is 59.8 Å². The Balaban J connectivity index is 2.30. The molecule has 0 bridgehead atoms. The van der Waals surface area contributed by atoms with Crippen LogP contribution in [-0.4, -0.2) is 13.0 Å². The molecule has 104 valence electrons. The quantitative estimate of drug-likeness (QED) is 0.585. The number of nitrogens with one attached hydrogen (secondary N) is 1. The fraction of sp³-hybridized carbons (Fsp3) is 0.0714. The number of amides is 1. The van der Waals surface area contributed by atoms with Gasteiger partial charge in [-0.05, 0) is 84.8 Å². The van der Waals surface area contributed by atoms with E-state index in [1.165, 1.54) is 0 Å². The van der Waals surface area contributed by atoms with Crippen molar-refractivity contribution >= 4 is 66.0 Å². The van der Waals surface area contributed by atoms with Gasteiger partial charge in [0.2, 0.25) is 0 Å².